The van der Waals surface area contributed by atoms with E-state index < -0.39 is 16.1 Å². The van der Waals surface area contributed by atoms with Crippen LogP contribution >= 0.6 is 11.6 Å². The fraction of sp³-hybridized carbons (Fsp3) is 0.0526. The average Bonchev–Trinajstić information content (AvgIpc) is 2.66. The number of benzene rings is 2. The molecule has 136 valence electrons. The first-order chi connectivity index (χ1) is 13.0. The molecule has 2 amide bonds. The van der Waals surface area contributed by atoms with E-state index in [1.165, 1.54) is 23.2 Å². The molecular weight excluding hydrogens is 386 g/mol. The summed E-state index contributed by atoms with van der Waals surface area (Å²) in [4.78, 5) is 18.6. The fourth-order valence-corrected chi connectivity index (χ4v) is 4.58. The Labute approximate surface area is 161 Å². The first-order valence-corrected chi connectivity index (χ1v) is 9.91. The highest BCUT2D eigenvalue weighted by molar-refractivity contribution is 7.90. The summed E-state index contributed by atoms with van der Waals surface area (Å²) in [5.41, 5.74) is 1.15. The van der Waals surface area contributed by atoms with Gasteiger partial charge in [-0.15, -0.1) is 0 Å². The number of pyridine rings is 1. The number of carbonyl (C=O) groups is 1. The molecule has 4 rings (SSSR count). The van der Waals surface area contributed by atoms with Crippen LogP contribution in [0, 0.1) is 0 Å². The van der Waals surface area contributed by atoms with Crippen molar-refractivity contribution in [3.05, 3.63) is 83.5 Å². The lowest BCUT2D eigenvalue weighted by molar-refractivity contribution is 0.229. The average molecular weight is 400 g/mol. The number of rotatable bonds is 3. The van der Waals surface area contributed by atoms with Gasteiger partial charge in [-0.1, -0.05) is 48.0 Å². The number of amides is 2. The van der Waals surface area contributed by atoms with Gasteiger partial charge in [0.2, 0.25) is 0 Å². The molecule has 0 bridgehead atoms. The molecule has 0 saturated carbocycles. The summed E-state index contributed by atoms with van der Waals surface area (Å²) < 4.78 is 27.0. The monoisotopic (exact) mass is 399 g/mol. The normalized spacial score (nSPS) is 15.5. The second-order valence-electron chi connectivity index (χ2n) is 5.92. The zero-order chi connectivity index (χ0) is 19.0. The minimum absolute atomic E-state index is 0.0273. The second kappa shape index (κ2) is 6.68. The highest BCUT2D eigenvalue weighted by Crippen LogP contribution is 2.38. The number of anilines is 2. The van der Waals surface area contributed by atoms with E-state index in [4.69, 9.17) is 11.6 Å². The molecule has 2 aromatic carbocycles. The summed E-state index contributed by atoms with van der Waals surface area (Å²) in [6.45, 7) is -0.0760. The molecule has 1 aromatic heterocycles. The van der Waals surface area contributed by atoms with Crippen molar-refractivity contribution in [3.63, 3.8) is 0 Å². The summed E-state index contributed by atoms with van der Waals surface area (Å²) in [7, 11) is -4.03. The van der Waals surface area contributed by atoms with E-state index in [1.807, 2.05) is 6.07 Å². The van der Waals surface area contributed by atoms with E-state index in [9.17, 15) is 13.2 Å². The van der Waals surface area contributed by atoms with Crippen LogP contribution in [-0.2, 0) is 16.6 Å². The zero-order valence-electron chi connectivity index (χ0n) is 14.0. The molecule has 0 atom stereocenters. The maximum absolute atomic E-state index is 13.2. The van der Waals surface area contributed by atoms with Crippen LogP contribution in [0.25, 0.3) is 0 Å². The van der Waals surface area contributed by atoms with Crippen LogP contribution in [0.5, 0.6) is 0 Å². The molecule has 6 nitrogen and oxygen atoms in total. The van der Waals surface area contributed by atoms with Crippen molar-refractivity contribution in [2.24, 2.45) is 0 Å². The van der Waals surface area contributed by atoms with Crippen LogP contribution in [0.15, 0.2) is 77.8 Å². The maximum Gasteiger partial charge on any atom is 0.344 e. The van der Waals surface area contributed by atoms with Crippen molar-refractivity contribution in [1.29, 1.82) is 0 Å². The quantitative estimate of drug-likeness (QED) is 0.661. The first kappa shape index (κ1) is 17.5. The highest BCUT2D eigenvalue weighted by atomic mass is 35.5. The Hall–Kier alpha value is -2.90. The molecule has 0 spiro atoms. The standard InChI is InChI=1S/C19H14ClN3O3S/c20-15-8-4-9-16(12-15)23-18-17(10-5-11-21-18)27(25,26)22(19(23)24)13-14-6-2-1-3-7-14/h1-12H,13H2. The van der Waals surface area contributed by atoms with Gasteiger partial charge in [-0.25, -0.2) is 27.4 Å². The van der Waals surface area contributed by atoms with Gasteiger partial charge in [0.1, 0.15) is 4.90 Å². The van der Waals surface area contributed by atoms with Crippen LogP contribution in [-0.4, -0.2) is 23.7 Å². The predicted molar refractivity (Wildman–Crippen MR) is 102 cm³/mol. The minimum atomic E-state index is -4.03. The lowest BCUT2D eigenvalue weighted by Crippen LogP contribution is -2.48. The van der Waals surface area contributed by atoms with E-state index in [1.54, 1.807) is 48.5 Å². The zero-order valence-corrected chi connectivity index (χ0v) is 15.6. The number of fused-ring (bicyclic) bond motifs is 1. The third-order valence-corrected chi connectivity index (χ3v) is 6.15. The van der Waals surface area contributed by atoms with Crippen LogP contribution in [0.1, 0.15) is 5.56 Å². The fourth-order valence-electron chi connectivity index (χ4n) is 2.92. The lowest BCUT2D eigenvalue weighted by Gasteiger charge is -2.35. The van der Waals surface area contributed by atoms with Crippen LogP contribution < -0.4 is 4.90 Å². The molecule has 0 saturated heterocycles. The van der Waals surface area contributed by atoms with Crippen molar-refractivity contribution in [3.8, 4) is 0 Å². The Kier molecular flexibility index (Phi) is 4.33. The number of aromatic nitrogens is 1. The molecule has 2 heterocycles. The molecule has 8 heteroatoms. The van der Waals surface area contributed by atoms with Crippen molar-refractivity contribution in [1.82, 2.24) is 9.29 Å². The number of sulfonamides is 1. The van der Waals surface area contributed by atoms with Gasteiger partial charge in [-0.3, -0.25) is 0 Å². The van der Waals surface area contributed by atoms with Gasteiger partial charge in [0.05, 0.1) is 12.2 Å². The van der Waals surface area contributed by atoms with Crippen molar-refractivity contribution >= 4 is 39.2 Å². The third-order valence-electron chi connectivity index (χ3n) is 4.17. The molecule has 3 aromatic rings. The second-order valence-corrected chi connectivity index (χ2v) is 8.19. The van der Waals surface area contributed by atoms with Crippen LogP contribution in [0.2, 0.25) is 5.02 Å². The Morgan fingerprint density at radius 2 is 1.74 bits per heavy atom. The van der Waals surface area contributed by atoms with Gasteiger partial charge < -0.3 is 0 Å². The van der Waals surface area contributed by atoms with Crippen molar-refractivity contribution in [2.75, 3.05) is 4.90 Å². The number of hydrogen-bond acceptors (Lipinski definition) is 4. The Bertz CT molecular complexity index is 1120. The van der Waals surface area contributed by atoms with E-state index >= 15 is 0 Å². The summed E-state index contributed by atoms with van der Waals surface area (Å²) in [5.74, 6) is 0.0640. The molecule has 0 N–H and O–H groups in total. The predicted octanol–water partition coefficient (Wildman–Crippen LogP) is 4.20. The summed E-state index contributed by atoms with van der Waals surface area (Å²) in [6, 6.07) is 17.9. The Morgan fingerprint density at radius 3 is 2.48 bits per heavy atom. The van der Waals surface area contributed by atoms with Gasteiger partial charge in [0, 0.05) is 11.2 Å². The molecule has 0 radical (unpaired) electrons. The van der Waals surface area contributed by atoms with Crippen molar-refractivity contribution in [2.45, 2.75) is 11.4 Å². The number of carbonyl (C=O) groups excluding carboxylic acids is 1. The Balaban J connectivity index is 1.89. The lowest BCUT2D eigenvalue weighted by atomic mass is 10.2. The molecule has 27 heavy (non-hydrogen) atoms. The molecule has 1 aliphatic heterocycles. The molecule has 0 aliphatic carbocycles. The van der Waals surface area contributed by atoms with E-state index in [0.29, 0.717) is 16.3 Å². The largest absolute Gasteiger partial charge is 0.344 e. The van der Waals surface area contributed by atoms with E-state index in [-0.39, 0.29) is 17.3 Å². The summed E-state index contributed by atoms with van der Waals surface area (Å²) in [5, 5.41) is 0.431. The van der Waals surface area contributed by atoms with Crippen LogP contribution in [0.4, 0.5) is 16.3 Å². The summed E-state index contributed by atoms with van der Waals surface area (Å²) >= 11 is 6.07. The SMILES string of the molecule is O=C1N(c2cccc(Cl)c2)c2ncccc2S(=O)(=O)N1Cc1ccccc1. The smallest absolute Gasteiger partial charge is 0.246 e. The van der Waals surface area contributed by atoms with Crippen LogP contribution in [0.3, 0.4) is 0 Å². The molecule has 0 unspecified atom stereocenters. The molecule has 1 aliphatic rings. The molecular formula is C19H14ClN3O3S. The van der Waals surface area contributed by atoms with Gasteiger partial charge in [-0.05, 0) is 35.9 Å². The van der Waals surface area contributed by atoms with Crippen molar-refractivity contribution < 1.29 is 13.2 Å². The topological polar surface area (TPSA) is 70.6 Å². The van der Waals surface area contributed by atoms with E-state index in [0.717, 1.165) is 4.31 Å². The number of nitrogens with zero attached hydrogens (tertiary/aromatic N) is 3. The van der Waals surface area contributed by atoms with Gasteiger partial charge in [0.15, 0.2) is 5.82 Å². The summed E-state index contributed by atoms with van der Waals surface area (Å²) in [6.07, 6.45) is 1.45. The minimum Gasteiger partial charge on any atom is -0.246 e. The third kappa shape index (κ3) is 3.05. The highest BCUT2D eigenvalue weighted by Gasteiger charge is 2.43. The van der Waals surface area contributed by atoms with Gasteiger partial charge in [0.25, 0.3) is 10.0 Å². The van der Waals surface area contributed by atoms with Gasteiger partial charge >= 0.3 is 6.03 Å². The number of hydrogen-bond donors (Lipinski definition) is 0. The molecule has 0 fully saturated rings. The van der Waals surface area contributed by atoms with Gasteiger partial charge in [-0.2, -0.15) is 0 Å². The number of urea groups is 1. The maximum atomic E-state index is 13.2. The Morgan fingerprint density at radius 1 is 0.963 bits per heavy atom. The first-order valence-electron chi connectivity index (χ1n) is 8.10. The number of halogens is 1. The van der Waals surface area contributed by atoms with E-state index in [2.05, 4.69) is 4.98 Å².